The molecule has 136 valence electrons. The molecule has 1 aliphatic carbocycles. The molecule has 2 aliphatic rings. The first-order chi connectivity index (χ1) is 11.9. The van der Waals surface area contributed by atoms with E-state index < -0.39 is 27.8 Å². The summed E-state index contributed by atoms with van der Waals surface area (Å²) >= 11 is 0. The lowest BCUT2D eigenvalue weighted by Crippen LogP contribution is -2.36. The van der Waals surface area contributed by atoms with Crippen LogP contribution in [-0.2, 0) is 26.2 Å². The maximum absolute atomic E-state index is 12.9. The molecule has 2 unspecified atom stereocenters. The Morgan fingerprint density at radius 2 is 1.80 bits per heavy atom. The SMILES string of the molecule is O=C(O)C1CC1C(=O)NCc1ccccc1S(=O)(=O)N1CCCCC1. The molecule has 1 saturated heterocycles. The highest BCUT2D eigenvalue weighted by molar-refractivity contribution is 7.89. The van der Waals surface area contributed by atoms with Gasteiger partial charge in [0, 0.05) is 19.6 Å². The summed E-state index contributed by atoms with van der Waals surface area (Å²) in [4.78, 5) is 23.1. The van der Waals surface area contributed by atoms with Gasteiger partial charge in [-0.25, -0.2) is 8.42 Å². The molecule has 0 radical (unpaired) electrons. The van der Waals surface area contributed by atoms with Crippen molar-refractivity contribution in [3.63, 3.8) is 0 Å². The van der Waals surface area contributed by atoms with Gasteiger partial charge in [0.2, 0.25) is 15.9 Å². The molecule has 8 heteroatoms. The highest BCUT2D eigenvalue weighted by atomic mass is 32.2. The third kappa shape index (κ3) is 3.85. The van der Waals surface area contributed by atoms with Gasteiger partial charge in [0.05, 0.1) is 16.7 Å². The number of nitrogens with zero attached hydrogens (tertiary/aromatic N) is 1. The summed E-state index contributed by atoms with van der Waals surface area (Å²) < 4.78 is 27.3. The standard InChI is InChI=1S/C17H22N2O5S/c20-16(13-10-14(13)17(21)22)18-11-12-6-2-3-7-15(12)25(23,24)19-8-4-1-5-9-19/h2-3,6-7,13-14H,1,4-5,8-11H2,(H,18,20)(H,21,22). The molecule has 1 amide bonds. The van der Waals surface area contributed by atoms with Crippen LogP contribution in [0.4, 0.5) is 0 Å². The van der Waals surface area contributed by atoms with Crippen LogP contribution in [0.2, 0.25) is 0 Å². The van der Waals surface area contributed by atoms with Gasteiger partial charge in [0.15, 0.2) is 0 Å². The lowest BCUT2D eigenvalue weighted by molar-refractivity contribution is -0.140. The Labute approximate surface area is 147 Å². The van der Waals surface area contributed by atoms with Crippen LogP contribution in [-0.4, -0.2) is 42.8 Å². The van der Waals surface area contributed by atoms with Crippen LogP contribution in [0, 0.1) is 11.8 Å². The number of rotatable bonds is 6. The second kappa shape index (κ2) is 7.13. The van der Waals surface area contributed by atoms with Gasteiger partial charge >= 0.3 is 5.97 Å². The first-order valence-electron chi connectivity index (χ1n) is 8.50. The average molecular weight is 366 g/mol. The van der Waals surface area contributed by atoms with E-state index in [1.807, 2.05) is 0 Å². The number of hydrogen-bond donors (Lipinski definition) is 2. The number of carbonyl (C=O) groups excluding carboxylic acids is 1. The number of nitrogens with one attached hydrogen (secondary N) is 1. The molecule has 2 atom stereocenters. The van der Waals surface area contributed by atoms with E-state index >= 15 is 0 Å². The van der Waals surface area contributed by atoms with Crippen molar-refractivity contribution in [2.45, 2.75) is 37.1 Å². The van der Waals surface area contributed by atoms with Crippen LogP contribution >= 0.6 is 0 Å². The van der Waals surface area contributed by atoms with Gasteiger partial charge < -0.3 is 10.4 Å². The summed E-state index contributed by atoms with van der Waals surface area (Å²) in [5.74, 6) is -2.43. The van der Waals surface area contributed by atoms with Crippen LogP contribution in [0.1, 0.15) is 31.2 Å². The van der Waals surface area contributed by atoms with Crippen LogP contribution in [0.25, 0.3) is 0 Å². The minimum Gasteiger partial charge on any atom is -0.481 e. The normalized spacial score (nSPS) is 23.8. The molecule has 0 spiro atoms. The molecule has 0 aromatic heterocycles. The van der Waals surface area contributed by atoms with Crippen molar-refractivity contribution in [1.82, 2.24) is 9.62 Å². The van der Waals surface area contributed by atoms with Crippen molar-refractivity contribution in [3.8, 4) is 0 Å². The summed E-state index contributed by atoms with van der Waals surface area (Å²) in [5, 5.41) is 11.6. The minimum atomic E-state index is -3.58. The Hall–Kier alpha value is -1.93. The van der Waals surface area contributed by atoms with Crippen molar-refractivity contribution in [3.05, 3.63) is 29.8 Å². The number of aliphatic carboxylic acids is 1. The van der Waals surface area contributed by atoms with Gasteiger partial charge in [-0.2, -0.15) is 4.31 Å². The maximum Gasteiger partial charge on any atom is 0.307 e. The lowest BCUT2D eigenvalue weighted by Gasteiger charge is -2.26. The molecule has 1 aromatic rings. The summed E-state index contributed by atoms with van der Waals surface area (Å²) in [6, 6.07) is 6.64. The van der Waals surface area contributed by atoms with E-state index in [2.05, 4.69) is 5.32 Å². The second-order valence-electron chi connectivity index (χ2n) is 6.58. The zero-order valence-electron chi connectivity index (χ0n) is 13.8. The third-order valence-electron chi connectivity index (χ3n) is 4.80. The average Bonchev–Trinajstić information content (AvgIpc) is 3.42. The molecule has 1 aromatic carbocycles. The zero-order chi connectivity index (χ0) is 18.0. The Balaban J connectivity index is 1.71. The van der Waals surface area contributed by atoms with E-state index in [-0.39, 0.29) is 17.3 Å². The van der Waals surface area contributed by atoms with Crippen molar-refractivity contribution in [2.75, 3.05) is 13.1 Å². The fourth-order valence-corrected chi connectivity index (χ4v) is 4.96. The van der Waals surface area contributed by atoms with Crippen molar-refractivity contribution in [1.29, 1.82) is 0 Å². The summed E-state index contributed by atoms with van der Waals surface area (Å²) in [6.45, 7) is 1.11. The second-order valence-corrected chi connectivity index (χ2v) is 8.48. The smallest absolute Gasteiger partial charge is 0.307 e. The van der Waals surface area contributed by atoms with Crippen LogP contribution < -0.4 is 5.32 Å². The van der Waals surface area contributed by atoms with Crippen LogP contribution in [0.5, 0.6) is 0 Å². The summed E-state index contributed by atoms with van der Waals surface area (Å²) in [6.07, 6.45) is 3.09. The number of piperidine rings is 1. The predicted molar refractivity (Wildman–Crippen MR) is 90.1 cm³/mol. The molecule has 3 rings (SSSR count). The molecule has 7 nitrogen and oxygen atoms in total. The molecule has 25 heavy (non-hydrogen) atoms. The highest BCUT2D eigenvalue weighted by Crippen LogP contribution is 2.38. The van der Waals surface area contributed by atoms with Crippen molar-refractivity contribution >= 4 is 21.9 Å². The van der Waals surface area contributed by atoms with Gasteiger partial charge in [-0.05, 0) is 30.9 Å². The predicted octanol–water partition coefficient (Wildman–Crippen LogP) is 1.20. The molecular weight excluding hydrogens is 344 g/mol. The first-order valence-corrected chi connectivity index (χ1v) is 9.94. The summed E-state index contributed by atoms with van der Waals surface area (Å²) in [7, 11) is -3.58. The Kier molecular flexibility index (Phi) is 5.10. The van der Waals surface area contributed by atoms with E-state index in [1.54, 1.807) is 24.3 Å². The van der Waals surface area contributed by atoms with E-state index in [0.717, 1.165) is 19.3 Å². The molecule has 2 fully saturated rings. The number of amides is 1. The van der Waals surface area contributed by atoms with Crippen LogP contribution in [0.3, 0.4) is 0 Å². The maximum atomic E-state index is 12.9. The van der Waals surface area contributed by atoms with Crippen LogP contribution in [0.15, 0.2) is 29.2 Å². The zero-order valence-corrected chi connectivity index (χ0v) is 14.7. The fraction of sp³-hybridized carbons (Fsp3) is 0.529. The number of carbonyl (C=O) groups is 2. The van der Waals surface area contributed by atoms with E-state index in [4.69, 9.17) is 5.11 Å². The van der Waals surface area contributed by atoms with Gasteiger partial charge in [-0.15, -0.1) is 0 Å². The molecule has 1 saturated carbocycles. The third-order valence-corrected chi connectivity index (χ3v) is 6.80. The van der Waals surface area contributed by atoms with E-state index in [1.165, 1.54) is 4.31 Å². The van der Waals surface area contributed by atoms with E-state index in [9.17, 15) is 18.0 Å². The topological polar surface area (TPSA) is 104 Å². The molecule has 1 heterocycles. The van der Waals surface area contributed by atoms with E-state index in [0.29, 0.717) is 25.1 Å². The Morgan fingerprint density at radius 3 is 2.44 bits per heavy atom. The number of carboxylic acids is 1. The quantitative estimate of drug-likeness (QED) is 0.787. The fourth-order valence-electron chi connectivity index (χ4n) is 3.22. The Bertz CT molecular complexity index is 771. The first kappa shape index (κ1) is 17.9. The van der Waals surface area contributed by atoms with Crippen molar-refractivity contribution < 1.29 is 23.1 Å². The van der Waals surface area contributed by atoms with Gasteiger partial charge in [0.1, 0.15) is 0 Å². The van der Waals surface area contributed by atoms with Gasteiger partial charge in [0.25, 0.3) is 0 Å². The number of carboxylic acid groups (broad SMARTS) is 1. The molecular formula is C17H22N2O5S. The monoisotopic (exact) mass is 366 g/mol. The number of benzene rings is 1. The highest BCUT2D eigenvalue weighted by Gasteiger charge is 2.48. The molecule has 2 N–H and O–H groups in total. The van der Waals surface area contributed by atoms with Gasteiger partial charge in [-0.3, -0.25) is 9.59 Å². The minimum absolute atomic E-state index is 0.0743. The lowest BCUT2D eigenvalue weighted by atomic mass is 10.2. The number of hydrogen-bond acceptors (Lipinski definition) is 4. The summed E-state index contributed by atoms with van der Waals surface area (Å²) in [5.41, 5.74) is 0.522. The van der Waals surface area contributed by atoms with Gasteiger partial charge in [-0.1, -0.05) is 24.6 Å². The molecule has 0 bridgehead atoms. The van der Waals surface area contributed by atoms with Crippen molar-refractivity contribution in [2.24, 2.45) is 11.8 Å². The number of sulfonamides is 1. The largest absolute Gasteiger partial charge is 0.481 e. The molecule has 1 aliphatic heterocycles. The Morgan fingerprint density at radius 1 is 1.12 bits per heavy atom.